The van der Waals surface area contributed by atoms with E-state index in [2.05, 4.69) is 34.6 Å². The number of Topliss-reactive ketones (excluding diaryl/α,β-unsaturated/α-hetero) is 1. The largest absolute Gasteiger partial charge is 0.294 e. The number of carbonyl (C=O) groups excluding carboxylic acids is 1. The van der Waals surface area contributed by atoms with Crippen LogP contribution < -0.4 is 0 Å². The van der Waals surface area contributed by atoms with Gasteiger partial charge in [-0.3, -0.25) is 4.79 Å². The van der Waals surface area contributed by atoms with Crippen molar-refractivity contribution in [1.29, 1.82) is 0 Å². The topological polar surface area (TPSA) is 17.1 Å². The van der Waals surface area contributed by atoms with Gasteiger partial charge in [0.25, 0.3) is 0 Å². The van der Waals surface area contributed by atoms with E-state index in [1.165, 1.54) is 24.0 Å². The zero-order valence-electron chi connectivity index (χ0n) is 10.6. The highest BCUT2D eigenvalue weighted by molar-refractivity contribution is 6.04. The highest BCUT2D eigenvalue weighted by atomic mass is 16.1. The molecule has 0 fully saturated rings. The third-order valence-electron chi connectivity index (χ3n) is 4.96. The number of ketones is 1. The lowest BCUT2D eigenvalue weighted by Crippen LogP contribution is -2.35. The molecule has 1 heteroatoms. The highest BCUT2D eigenvalue weighted by Crippen LogP contribution is 2.58. The van der Waals surface area contributed by atoms with Crippen LogP contribution in [0.4, 0.5) is 0 Å². The second-order valence-electron chi connectivity index (χ2n) is 6.26. The van der Waals surface area contributed by atoms with Gasteiger partial charge >= 0.3 is 0 Å². The van der Waals surface area contributed by atoms with Crippen LogP contribution in [0.2, 0.25) is 0 Å². The molecule has 0 spiro atoms. The van der Waals surface area contributed by atoms with Gasteiger partial charge in [-0.25, -0.2) is 0 Å². The molecule has 0 radical (unpaired) electrons. The van der Waals surface area contributed by atoms with Crippen molar-refractivity contribution in [3.05, 3.63) is 11.1 Å². The van der Waals surface area contributed by atoms with Gasteiger partial charge in [0, 0.05) is 5.41 Å². The minimum Gasteiger partial charge on any atom is -0.294 e. The SMILES string of the molecule is CC1CCCC2=C1C(C)(C)C(C)(C)C2=O. The van der Waals surface area contributed by atoms with Crippen LogP contribution >= 0.6 is 0 Å². The van der Waals surface area contributed by atoms with E-state index in [4.69, 9.17) is 0 Å². The summed E-state index contributed by atoms with van der Waals surface area (Å²) in [6.07, 6.45) is 3.47. The van der Waals surface area contributed by atoms with Crippen molar-refractivity contribution >= 4 is 5.78 Å². The monoisotopic (exact) mass is 206 g/mol. The molecule has 1 unspecified atom stereocenters. The van der Waals surface area contributed by atoms with E-state index < -0.39 is 0 Å². The van der Waals surface area contributed by atoms with E-state index in [0.29, 0.717) is 11.7 Å². The summed E-state index contributed by atoms with van der Waals surface area (Å²) in [5, 5.41) is 0. The van der Waals surface area contributed by atoms with Gasteiger partial charge in [0.05, 0.1) is 0 Å². The van der Waals surface area contributed by atoms with Gasteiger partial charge in [-0.15, -0.1) is 0 Å². The predicted molar refractivity (Wildman–Crippen MR) is 62.6 cm³/mol. The Morgan fingerprint density at radius 2 is 1.73 bits per heavy atom. The molecule has 0 aliphatic heterocycles. The quantitative estimate of drug-likeness (QED) is 0.590. The Kier molecular flexibility index (Phi) is 2.15. The van der Waals surface area contributed by atoms with Crippen molar-refractivity contribution in [3.63, 3.8) is 0 Å². The van der Waals surface area contributed by atoms with E-state index in [1.807, 2.05) is 0 Å². The zero-order valence-corrected chi connectivity index (χ0v) is 10.6. The number of hydrogen-bond donors (Lipinski definition) is 0. The van der Waals surface area contributed by atoms with Crippen LogP contribution in [0.5, 0.6) is 0 Å². The summed E-state index contributed by atoms with van der Waals surface area (Å²) in [7, 11) is 0. The minimum absolute atomic E-state index is 0.0548. The Morgan fingerprint density at radius 3 is 2.27 bits per heavy atom. The van der Waals surface area contributed by atoms with Gasteiger partial charge in [-0.1, -0.05) is 40.2 Å². The summed E-state index contributed by atoms with van der Waals surface area (Å²) in [5.41, 5.74) is 2.49. The molecule has 0 aromatic carbocycles. The van der Waals surface area contributed by atoms with Crippen LogP contribution in [0.1, 0.15) is 53.9 Å². The van der Waals surface area contributed by atoms with Crippen LogP contribution in [-0.2, 0) is 4.79 Å². The van der Waals surface area contributed by atoms with Crippen molar-refractivity contribution in [3.8, 4) is 0 Å². The maximum atomic E-state index is 12.4. The molecule has 2 aliphatic rings. The molecule has 0 heterocycles. The van der Waals surface area contributed by atoms with Gasteiger partial charge in [-0.2, -0.15) is 0 Å². The minimum atomic E-state index is -0.198. The maximum Gasteiger partial charge on any atom is 0.165 e. The van der Waals surface area contributed by atoms with E-state index in [9.17, 15) is 4.79 Å². The fourth-order valence-electron chi connectivity index (χ4n) is 3.39. The standard InChI is InChI=1S/C14H22O/c1-9-7-6-8-10-11(9)13(2,3)14(4,5)12(10)15/h9H,6-8H2,1-5H3. The Morgan fingerprint density at radius 1 is 1.13 bits per heavy atom. The molecular weight excluding hydrogens is 184 g/mol. The van der Waals surface area contributed by atoms with E-state index in [-0.39, 0.29) is 10.8 Å². The third kappa shape index (κ3) is 1.18. The molecule has 0 N–H and O–H groups in total. The molecule has 1 atom stereocenters. The molecule has 0 aromatic heterocycles. The van der Waals surface area contributed by atoms with Gasteiger partial charge in [-0.05, 0) is 36.2 Å². The van der Waals surface area contributed by atoms with Crippen LogP contribution in [0.25, 0.3) is 0 Å². The molecule has 84 valence electrons. The van der Waals surface area contributed by atoms with E-state index >= 15 is 0 Å². The first-order chi connectivity index (χ1) is 6.80. The van der Waals surface area contributed by atoms with Gasteiger partial charge < -0.3 is 0 Å². The van der Waals surface area contributed by atoms with Crippen molar-refractivity contribution < 1.29 is 4.79 Å². The molecule has 1 nitrogen and oxygen atoms in total. The number of hydrogen-bond acceptors (Lipinski definition) is 1. The fourth-order valence-corrected chi connectivity index (χ4v) is 3.39. The molecular formula is C14H22O. The average Bonchev–Trinajstić information content (AvgIpc) is 2.27. The normalized spacial score (nSPS) is 33.1. The lowest BCUT2D eigenvalue weighted by atomic mass is 9.64. The van der Waals surface area contributed by atoms with Crippen LogP contribution in [0, 0.1) is 16.7 Å². The second kappa shape index (κ2) is 2.96. The lowest BCUT2D eigenvalue weighted by molar-refractivity contribution is -0.125. The summed E-state index contributed by atoms with van der Waals surface area (Å²) >= 11 is 0. The van der Waals surface area contributed by atoms with Gasteiger partial charge in [0.1, 0.15) is 0 Å². The molecule has 2 rings (SSSR count). The first kappa shape index (κ1) is 10.9. The molecule has 0 amide bonds. The van der Waals surface area contributed by atoms with E-state index in [0.717, 1.165) is 6.42 Å². The summed E-state index contributed by atoms with van der Waals surface area (Å²) in [6.45, 7) is 11.0. The third-order valence-corrected chi connectivity index (χ3v) is 4.96. The molecule has 0 aromatic rings. The molecule has 0 saturated heterocycles. The van der Waals surface area contributed by atoms with Crippen molar-refractivity contribution in [2.24, 2.45) is 16.7 Å². The average molecular weight is 206 g/mol. The van der Waals surface area contributed by atoms with Gasteiger partial charge in [0.2, 0.25) is 0 Å². The number of carbonyl (C=O) groups is 1. The van der Waals surface area contributed by atoms with E-state index in [1.54, 1.807) is 0 Å². The molecule has 0 saturated carbocycles. The number of rotatable bonds is 0. The Balaban J connectivity index is 2.58. The summed E-state index contributed by atoms with van der Waals surface area (Å²) in [6, 6.07) is 0. The lowest BCUT2D eigenvalue weighted by Gasteiger charge is -2.38. The van der Waals surface area contributed by atoms with Crippen molar-refractivity contribution in [1.82, 2.24) is 0 Å². The summed E-state index contributed by atoms with van der Waals surface area (Å²) in [4.78, 5) is 12.4. The fraction of sp³-hybridized carbons (Fsp3) is 0.786. The van der Waals surface area contributed by atoms with Crippen LogP contribution in [0.3, 0.4) is 0 Å². The summed E-state index contributed by atoms with van der Waals surface area (Å²) in [5.74, 6) is 1.02. The Bertz CT molecular complexity index is 344. The predicted octanol–water partition coefficient (Wildman–Crippen LogP) is 3.74. The first-order valence-corrected chi connectivity index (χ1v) is 6.08. The van der Waals surface area contributed by atoms with Crippen molar-refractivity contribution in [2.45, 2.75) is 53.9 Å². The van der Waals surface area contributed by atoms with Crippen LogP contribution in [-0.4, -0.2) is 5.78 Å². The zero-order chi connectivity index (χ0) is 11.4. The second-order valence-corrected chi connectivity index (χ2v) is 6.26. The van der Waals surface area contributed by atoms with Crippen molar-refractivity contribution in [2.75, 3.05) is 0 Å². The Labute approximate surface area is 92.9 Å². The molecule has 0 bridgehead atoms. The van der Waals surface area contributed by atoms with Crippen LogP contribution in [0.15, 0.2) is 11.1 Å². The highest BCUT2D eigenvalue weighted by Gasteiger charge is 2.54. The molecule has 2 aliphatic carbocycles. The smallest absolute Gasteiger partial charge is 0.165 e. The summed E-state index contributed by atoms with van der Waals surface area (Å²) < 4.78 is 0. The maximum absolute atomic E-state index is 12.4. The Hall–Kier alpha value is -0.590. The van der Waals surface area contributed by atoms with Gasteiger partial charge in [0.15, 0.2) is 5.78 Å². The number of allylic oxidation sites excluding steroid dienone is 2. The first-order valence-electron chi connectivity index (χ1n) is 6.08. The molecule has 15 heavy (non-hydrogen) atoms.